The number of para-hydroxylation sites is 1. The van der Waals surface area contributed by atoms with Crippen molar-refractivity contribution in [3.8, 4) is 5.75 Å². The molecule has 0 bridgehead atoms. The third-order valence-electron chi connectivity index (χ3n) is 5.84. The van der Waals surface area contributed by atoms with E-state index in [1.165, 1.54) is 16.4 Å². The maximum Gasteiger partial charge on any atom is 0.573 e. The van der Waals surface area contributed by atoms with Gasteiger partial charge in [-0.3, -0.25) is 4.90 Å². The summed E-state index contributed by atoms with van der Waals surface area (Å²) in [5.41, 5.74) is 3.33. The van der Waals surface area contributed by atoms with Crippen LogP contribution in [0.2, 0.25) is 0 Å². The van der Waals surface area contributed by atoms with E-state index < -0.39 is 27.0 Å². The number of alkyl halides is 3. The van der Waals surface area contributed by atoms with Crippen molar-refractivity contribution in [3.63, 3.8) is 0 Å². The standard InChI is InChI=1S/C25H25F3N2O3S/c1-19-11-13-21(14-12-19)24(20-7-3-2-4-8-20)29-15-17-30(18-16-29)34(31,32)23-10-6-5-9-22(23)33-25(26,27)28/h2-14,24H,15-18H2,1H3. The summed E-state index contributed by atoms with van der Waals surface area (Å²) in [5, 5.41) is 0. The first-order valence-electron chi connectivity index (χ1n) is 10.9. The highest BCUT2D eigenvalue weighted by molar-refractivity contribution is 7.89. The lowest BCUT2D eigenvalue weighted by atomic mass is 9.96. The van der Waals surface area contributed by atoms with Gasteiger partial charge in [-0.2, -0.15) is 4.31 Å². The molecule has 180 valence electrons. The highest BCUT2D eigenvalue weighted by Gasteiger charge is 2.37. The molecular weight excluding hydrogens is 465 g/mol. The van der Waals surface area contributed by atoms with Gasteiger partial charge in [0.25, 0.3) is 0 Å². The molecule has 0 aliphatic carbocycles. The second-order valence-electron chi connectivity index (χ2n) is 8.16. The van der Waals surface area contributed by atoms with E-state index in [9.17, 15) is 21.6 Å². The van der Waals surface area contributed by atoms with Crippen molar-refractivity contribution in [2.24, 2.45) is 0 Å². The van der Waals surface area contributed by atoms with Gasteiger partial charge in [-0.05, 0) is 30.2 Å². The summed E-state index contributed by atoms with van der Waals surface area (Å²) < 4.78 is 70.0. The van der Waals surface area contributed by atoms with Crippen LogP contribution >= 0.6 is 0 Å². The molecule has 9 heteroatoms. The first-order chi connectivity index (χ1) is 16.1. The molecule has 1 aliphatic heterocycles. The molecule has 5 nitrogen and oxygen atoms in total. The summed E-state index contributed by atoms with van der Waals surface area (Å²) in [4.78, 5) is 1.71. The Morgan fingerprint density at radius 3 is 1.97 bits per heavy atom. The van der Waals surface area contributed by atoms with Crippen molar-refractivity contribution in [1.29, 1.82) is 0 Å². The van der Waals surface area contributed by atoms with Gasteiger partial charge in [0.15, 0.2) is 0 Å². The van der Waals surface area contributed by atoms with Crippen molar-refractivity contribution in [2.45, 2.75) is 24.2 Å². The fourth-order valence-corrected chi connectivity index (χ4v) is 5.75. The van der Waals surface area contributed by atoms with Crippen LogP contribution in [0.1, 0.15) is 22.7 Å². The summed E-state index contributed by atoms with van der Waals surface area (Å²) in [6.07, 6.45) is -4.98. The third kappa shape index (κ3) is 5.43. The lowest BCUT2D eigenvalue weighted by Crippen LogP contribution is -2.49. The van der Waals surface area contributed by atoms with Gasteiger partial charge in [0.05, 0.1) is 6.04 Å². The first-order valence-corrected chi connectivity index (χ1v) is 12.3. The minimum Gasteiger partial charge on any atom is -0.404 e. The molecular formula is C25H25F3N2O3S. The average molecular weight is 491 g/mol. The van der Waals surface area contributed by atoms with E-state index in [4.69, 9.17) is 0 Å². The van der Waals surface area contributed by atoms with E-state index in [1.807, 2.05) is 49.4 Å². The Hall–Kier alpha value is -2.88. The highest BCUT2D eigenvalue weighted by Crippen LogP contribution is 2.34. The molecule has 4 rings (SSSR count). The van der Waals surface area contributed by atoms with E-state index in [1.54, 1.807) is 0 Å². The average Bonchev–Trinajstić information content (AvgIpc) is 2.81. The number of rotatable bonds is 6. The molecule has 0 amide bonds. The number of benzene rings is 3. The Bertz CT molecular complexity index is 1210. The number of hydrogen-bond donors (Lipinski definition) is 0. The van der Waals surface area contributed by atoms with Crippen LogP contribution in [-0.2, 0) is 10.0 Å². The van der Waals surface area contributed by atoms with E-state index in [-0.39, 0.29) is 19.1 Å². The molecule has 0 radical (unpaired) electrons. The van der Waals surface area contributed by atoms with E-state index >= 15 is 0 Å². The number of ether oxygens (including phenoxy) is 1. The number of aryl methyl sites for hydroxylation is 1. The molecule has 1 unspecified atom stereocenters. The Kier molecular flexibility index (Phi) is 6.97. The van der Waals surface area contributed by atoms with Crippen molar-refractivity contribution < 1.29 is 26.3 Å². The number of sulfonamides is 1. The van der Waals surface area contributed by atoms with Crippen LogP contribution < -0.4 is 4.74 Å². The molecule has 1 saturated heterocycles. The van der Waals surface area contributed by atoms with E-state index in [0.29, 0.717) is 13.1 Å². The summed E-state index contributed by atoms with van der Waals surface area (Å²) in [6, 6.07) is 23.0. The maximum atomic E-state index is 13.2. The Morgan fingerprint density at radius 2 is 1.35 bits per heavy atom. The minimum absolute atomic E-state index is 0.0625. The predicted octanol–water partition coefficient (Wildman–Crippen LogP) is 4.99. The molecule has 1 heterocycles. The Labute approximate surface area is 197 Å². The number of hydrogen-bond acceptors (Lipinski definition) is 4. The van der Waals surface area contributed by atoms with Crippen LogP contribution in [0, 0.1) is 6.92 Å². The smallest absolute Gasteiger partial charge is 0.404 e. The van der Waals surface area contributed by atoms with Gasteiger partial charge in [0, 0.05) is 26.2 Å². The lowest BCUT2D eigenvalue weighted by Gasteiger charge is -2.39. The van der Waals surface area contributed by atoms with Crippen LogP contribution in [-0.4, -0.2) is 50.2 Å². The van der Waals surface area contributed by atoms with Gasteiger partial charge in [0.1, 0.15) is 10.6 Å². The van der Waals surface area contributed by atoms with Crippen LogP contribution in [0.3, 0.4) is 0 Å². The van der Waals surface area contributed by atoms with Crippen LogP contribution in [0.5, 0.6) is 5.75 Å². The maximum absolute atomic E-state index is 13.2. The quantitative estimate of drug-likeness (QED) is 0.489. The highest BCUT2D eigenvalue weighted by atomic mass is 32.2. The molecule has 0 N–H and O–H groups in total. The number of halogens is 3. The molecule has 0 spiro atoms. The minimum atomic E-state index is -4.98. The van der Waals surface area contributed by atoms with Gasteiger partial charge in [0.2, 0.25) is 10.0 Å². The van der Waals surface area contributed by atoms with Crippen molar-refractivity contribution >= 4 is 10.0 Å². The second-order valence-corrected chi connectivity index (χ2v) is 10.1. The van der Waals surface area contributed by atoms with Gasteiger partial charge in [-0.25, -0.2) is 8.42 Å². The molecule has 1 aliphatic rings. The summed E-state index contributed by atoms with van der Waals surface area (Å²) in [6.45, 7) is 3.17. The van der Waals surface area contributed by atoms with Crippen molar-refractivity contribution in [3.05, 3.63) is 95.6 Å². The number of piperazine rings is 1. The Balaban J connectivity index is 1.57. The topological polar surface area (TPSA) is 49.9 Å². The monoisotopic (exact) mass is 490 g/mol. The fraction of sp³-hybridized carbons (Fsp3) is 0.280. The first kappa shape index (κ1) is 24.3. The normalized spacial score (nSPS) is 16.8. The van der Waals surface area contributed by atoms with Crippen LogP contribution in [0.25, 0.3) is 0 Å². The second kappa shape index (κ2) is 9.77. The summed E-state index contributed by atoms with van der Waals surface area (Å²) in [7, 11) is -4.17. The molecule has 1 fully saturated rings. The molecule has 0 saturated carbocycles. The molecule has 0 aromatic heterocycles. The van der Waals surface area contributed by atoms with E-state index in [2.05, 4.69) is 21.8 Å². The molecule has 3 aromatic rings. The van der Waals surface area contributed by atoms with Crippen molar-refractivity contribution in [2.75, 3.05) is 26.2 Å². The molecule has 34 heavy (non-hydrogen) atoms. The SMILES string of the molecule is Cc1ccc(C(c2ccccc2)N2CCN(S(=O)(=O)c3ccccc3OC(F)(F)F)CC2)cc1. The zero-order chi connectivity index (χ0) is 24.3. The zero-order valence-corrected chi connectivity index (χ0v) is 19.4. The zero-order valence-electron chi connectivity index (χ0n) is 18.6. The Morgan fingerprint density at radius 1 is 0.794 bits per heavy atom. The third-order valence-corrected chi connectivity index (χ3v) is 7.78. The largest absolute Gasteiger partial charge is 0.573 e. The van der Waals surface area contributed by atoms with Gasteiger partial charge < -0.3 is 4.74 Å². The lowest BCUT2D eigenvalue weighted by molar-refractivity contribution is -0.275. The van der Waals surface area contributed by atoms with Gasteiger partial charge in [-0.15, -0.1) is 13.2 Å². The van der Waals surface area contributed by atoms with Crippen LogP contribution in [0.4, 0.5) is 13.2 Å². The summed E-state index contributed by atoms with van der Waals surface area (Å²) in [5.74, 6) is -0.723. The fourth-order valence-electron chi connectivity index (χ4n) is 4.21. The van der Waals surface area contributed by atoms with Gasteiger partial charge >= 0.3 is 6.36 Å². The van der Waals surface area contributed by atoms with E-state index in [0.717, 1.165) is 28.8 Å². The summed E-state index contributed by atoms with van der Waals surface area (Å²) >= 11 is 0. The predicted molar refractivity (Wildman–Crippen MR) is 123 cm³/mol. The number of nitrogens with zero attached hydrogens (tertiary/aromatic N) is 2. The van der Waals surface area contributed by atoms with Crippen molar-refractivity contribution in [1.82, 2.24) is 9.21 Å². The van der Waals surface area contributed by atoms with Gasteiger partial charge in [-0.1, -0.05) is 72.3 Å². The molecule has 3 aromatic carbocycles. The van der Waals surface area contributed by atoms with Crippen LogP contribution in [0.15, 0.2) is 83.8 Å². The molecule has 1 atom stereocenters.